The highest BCUT2D eigenvalue weighted by atomic mass is 35.5. The van der Waals surface area contributed by atoms with Crippen LogP contribution in [-0.4, -0.2) is 17.7 Å². The molecule has 1 rings (SSSR count). The summed E-state index contributed by atoms with van der Waals surface area (Å²) in [5.41, 5.74) is -0.387. The molecule has 102 valence electrons. The SMILES string of the molecule is N#CC(COc1ccc([N+](=O)[O-])c(Cl)c1)C(F)(F)F. The van der Waals surface area contributed by atoms with Gasteiger partial charge in [-0.2, -0.15) is 18.4 Å². The van der Waals surface area contributed by atoms with Crippen molar-refractivity contribution in [1.29, 1.82) is 5.26 Å². The number of halogens is 4. The van der Waals surface area contributed by atoms with Gasteiger partial charge in [0.05, 0.1) is 11.0 Å². The second-order valence-electron chi connectivity index (χ2n) is 3.40. The zero-order valence-electron chi connectivity index (χ0n) is 9.15. The molecule has 0 aromatic heterocycles. The molecule has 0 amide bonds. The van der Waals surface area contributed by atoms with Crippen LogP contribution in [0.1, 0.15) is 0 Å². The summed E-state index contributed by atoms with van der Waals surface area (Å²) in [6.07, 6.45) is -4.70. The number of nitrogens with zero attached hydrogens (tertiary/aromatic N) is 2. The Bertz CT molecular complexity index is 528. The maximum Gasteiger partial charge on any atom is 0.407 e. The molecule has 1 unspecified atom stereocenters. The van der Waals surface area contributed by atoms with E-state index in [0.717, 1.165) is 24.3 Å². The first-order valence-electron chi connectivity index (χ1n) is 4.78. The van der Waals surface area contributed by atoms with Crippen molar-refractivity contribution in [3.63, 3.8) is 0 Å². The van der Waals surface area contributed by atoms with E-state index in [-0.39, 0.29) is 16.5 Å². The molecule has 1 aromatic rings. The van der Waals surface area contributed by atoms with E-state index >= 15 is 0 Å². The van der Waals surface area contributed by atoms with Crippen molar-refractivity contribution in [2.75, 3.05) is 6.61 Å². The molecule has 0 aliphatic carbocycles. The highest BCUT2D eigenvalue weighted by molar-refractivity contribution is 6.32. The van der Waals surface area contributed by atoms with Gasteiger partial charge in [-0.1, -0.05) is 11.6 Å². The average molecular weight is 295 g/mol. The van der Waals surface area contributed by atoms with Crippen LogP contribution in [0.15, 0.2) is 18.2 Å². The van der Waals surface area contributed by atoms with Gasteiger partial charge in [0.2, 0.25) is 0 Å². The third kappa shape index (κ3) is 3.99. The smallest absolute Gasteiger partial charge is 0.407 e. The number of nitriles is 1. The Morgan fingerprint density at radius 1 is 1.53 bits per heavy atom. The van der Waals surface area contributed by atoms with Gasteiger partial charge in [0.1, 0.15) is 17.4 Å². The maximum atomic E-state index is 12.3. The number of benzene rings is 1. The minimum Gasteiger partial charge on any atom is -0.492 e. The van der Waals surface area contributed by atoms with Gasteiger partial charge in [-0.3, -0.25) is 10.1 Å². The summed E-state index contributed by atoms with van der Waals surface area (Å²) >= 11 is 5.55. The van der Waals surface area contributed by atoms with Crippen LogP contribution in [0.5, 0.6) is 5.75 Å². The molecular weight excluding hydrogens is 289 g/mol. The fourth-order valence-corrected chi connectivity index (χ4v) is 1.35. The molecule has 0 N–H and O–H groups in total. The largest absolute Gasteiger partial charge is 0.492 e. The second kappa shape index (κ2) is 5.75. The van der Waals surface area contributed by atoms with E-state index in [1.54, 1.807) is 0 Å². The molecule has 0 aliphatic heterocycles. The van der Waals surface area contributed by atoms with Crippen molar-refractivity contribution in [3.8, 4) is 11.8 Å². The lowest BCUT2D eigenvalue weighted by atomic mass is 10.2. The topological polar surface area (TPSA) is 76.2 Å². The zero-order valence-corrected chi connectivity index (χ0v) is 9.90. The molecule has 0 radical (unpaired) electrons. The summed E-state index contributed by atoms with van der Waals surface area (Å²) < 4.78 is 41.5. The quantitative estimate of drug-likeness (QED) is 0.630. The van der Waals surface area contributed by atoms with Crippen LogP contribution in [0.2, 0.25) is 5.02 Å². The van der Waals surface area contributed by atoms with E-state index in [2.05, 4.69) is 0 Å². The summed E-state index contributed by atoms with van der Waals surface area (Å²) in [6.45, 7) is -0.909. The van der Waals surface area contributed by atoms with Gasteiger partial charge < -0.3 is 4.74 Å². The minimum atomic E-state index is -4.70. The molecule has 0 saturated carbocycles. The third-order valence-corrected chi connectivity index (χ3v) is 2.39. The monoisotopic (exact) mass is 294 g/mol. The molecule has 1 aromatic carbocycles. The van der Waals surface area contributed by atoms with Crippen LogP contribution in [-0.2, 0) is 0 Å². The molecule has 0 bridgehead atoms. The fraction of sp³-hybridized carbons (Fsp3) is 0.300. The summed E-state index contributed by atoms with van der Waals surface area (Å²) in [6, 6.07) is 4.20. The first-order chi connectivity index (χ1) is 8.75. The second-order valence-corrected chi connectivity index (χ2v) is 3.81. The molecule has 0 aliphatic rings. The number of hydrogen-bond donors (Lipinski definition) is 0. The summed E-state index contributed by atoms with van der Waals surface area (Å²) in [7, 11) is 0. The number of rotatable bonds is 4. The van der Waals surface area contributed by atoms with Gasteiger partial charge in [-0.15, -0.1) is 0 Å². The molecule has 19 heavy (non-hydrogen) atoms. The van der Waals surface area contributed by atoms with Crippen molar-refractivity contribution in [3.05, 3.63) is 33.3 Å². The van der Waals surface area contributed by atoms with Crippen LogP contribution in [0, 0.1) is 27.4 Å². The Kier molecular flexibility index (Phi) is 4.56. The van der Waals surface area contributed by atoms with Gasteiger partial charge in [-0.05, 0) is 6.07 Å². The van der Waals surface area contributed by atoms with Gasteiger partial charge in [-0.25, -0.2) is 0 Å². The molecule has 0 saturated heterocycles. The van der Waals surface area contributed by atoms with E-state index in [0.29, 0.717) is 0 Å². The Morgan fingerprint density at radius 3 is 2.58 bits per heavy atom. The van der Waals surface area contributed by atoms with Crippen molar-refractivity contribution < 1.29 is 22.8 Å². The maximum absolute atomic E-state index is 12.3. The van der Waals surface area contributed by atoms with Crippen molar-refractivity contribution >= 4 is 17.3 Å². The summed E-state index contributed by atoms with van der Waals surface area (Å²) in [5, 5.41) is 18.6. The average Bonchev–Trinajstić information content (AvgIpc) is 2.27. The summed E-state index contributed by atoms with van der Waals surface area (Å²) in [5.74, 6) is -2.36. The van der Waals surface area contributed by atoms with Crippen LogP contribution in [0.25, 0.3) is 0 Å². The van der Waals surface area contributed by atoms with Gasteiger partial charge in [0, 0.05) is 12.1 Å². The number of nitro groups is 1. The number of hydrogen-bond acceptors (Lipinski definition) is 4. The normalized spacial score (nSPS) is 12.6. The van der Waals surface area contributed by atoms with Gasteiger partial charge in [0.25, 0.3) is 5.69 Å². The highest BCUT2D eigenvalue weighted by Gasteiger charge is 2.40. The first-order valence-corrected chi connectivity index (χ1v) is 5.16. The fourth-order valence-electron chi connectivity index (χ4n) is 1.11. The van der Waals surface area contributed by atoms with E-state index in [1.807, 2.05) is 0 Å². The molecule has 9 heteroatoms. The van der Waals surface area contributed by atoms with Crippen LogP contribution in [0.3, 0.4) is 0 Å². The Labute approximate surface area is 110 Å². The van der Waals surface area contributed by atoms with Gasteiger partial charge in [0.15, 0.2) is 5.92 Å². The van der Waals surface area contributed by atoms with Gasteiger partial charge >= 0.3 is 6.18 Å². The van der Waals surface area contributed by atoms with Crippen molar-refractivity contribution in [2.45, 2.75) is 6.18 Å². The lowest BCUT2D eigenvalue weighted by molar-refractivity contribution is -0.384. The van der Waals surface area contributed by atoms with Crippen LogP contribution in [0.4, 0.5) is 18.9 Å². The predicted octanol–water partition coefficient (Wildman–Crippen LogP) is 3.33. The predicted molar refractivity (Wildman–Crippen MR) is 58.8 cm³/mol. The highest BCUT2D eigenvalue weighted by Crippen LogP contribution is 2.30. The first kappa shape index (κ1) is 15.0. The molecule has 1 atom stereocenters. The molecular formula is C10H6ClF3N2O3. The van der Waals surface area contributed by atoms with Crippen LogP contribution < -0.4 is 4.74 Å². The Balaban J connectivity index is 2.77. The number of ether oxygens (including phenoxy) is 1. The van der Waals surface area contributed by atoms with E-state index in [1.165, 1.54) is 0 Å². The molecule has 0 spiro atoms. The van der Waals surface area contributed by atoms with Crippen molar-refractivity contribution in [1.82, 2.24) is 0 Å². The molecule has 0 heterocycles. The zero-order chi connectivity index (χ0) is 14.6. The van der Waals surface area contributed by atoms with Crippen LogP contribution >= 0.6 is 11.6 Å². The minimum absolute atomic E-state index is 0.0832. The standard InChI is InChI=1S/C10H6ClF3N2O3/c11-8-3-7(1-2-9(8)16(17)18)19-5-6(4-15)10(12,13)14/h1-3,6H,5H2. The third-order valence-electron chi connectivity index (χ3n) is 2.08. The Hall–Kier alpha value is -2.01. The lowest BCUT2D eigenvalue weighted by Gasteiger charge is -2.14. The molecule has 5 nitrogen and oxygen atoms in total. The number of nitro benzene ring substituents is 1. The summed E-state index contributed by atoms with van der Waals surface area (Å²) in [4.78, 5) is 9.73. The molecule has 0 fully saturated rings. The van der Waals surface area contributed by atoms with E-state index in [9.17, 15) is 23.3 Å². The lowest BCUT2D eigenvalue weighted by Crippen LogP contribution is -2.27. The Morgan fingerprint density at radius 2 is 2.16 bits per heavy atom. The van der Waals surface area contributed by atoms with Crippen molar-refractivity contribution in [2.24, 2.45) is 5.92 Å². The number of alkyl halides is 3. The van der Waals surface area contributed by atoms with E-state index < -0.39 is 23.6 Å². The van der Waals surface area contributed by atoms with E-state index in [4.69, 9.17) is 21.6 Å².